The third-order valence-corrected chi connectivity index (χ3v) is 2.79. The Morgan fingerprint density at radius 3 is 2.42 bits per heavy atom. The zero-order valence-corrected chi connectivity index (χ0v) is 10.7. The second-order valence-electron chi connectivity index (χ2n) is 3.56. The van der Waals surface area contributed by atoms with E-state index in [-0.39, 0.29) is 21.7 Å². The van der Waals surface area contributed by atoms with E-state index in [1.807, 2.05) is 0 Å². The van der Waals surface area contributed by atoms with E-state index in [2.05, 4.69) is 10.3 Å². The summed E-state index contributed by atoms with van der Waals surface area (Å²) in [4.78, 5) is 3.76. The van der Waals surface area contributed by atoms with Crippen molar-refractivity contribution in [3.8, 4) is 0 Å². The minimum Gasteiger partial charge on any atom is -0.382 e. The van der Waals surface area contributed by atoms with E-state index < -0.39 is 23.1 Å². The number of aromatic nitrogens is 1. The largest absolute Gasteiger partial charge is 0.382 e. The molecule has 0 aliphatic heterocycles. The van der Waals surface area contributed by atoms with Gasteiger partial charge in [0.05, 0.1) is 15.7 Å². The molecule has 0 saturated heterocycles. The minimum atomic E-state index is -1.33. The molecule has 0 atom stereocenters. The molecule has 100 valence electrons. The monoisotopic (exact) mass is 307 g/mol. The van der Waals surface area contributed by atoms with Gasteiger partial charge < -0.3 is 11.1 Å². The molecule has 0 aliphatic carbocycles. The molecule has 1 aromatic heterocycles. The van der Waals surface area contributed by atoms with E-state index in [0.717, 1.165) is 6.07 Å². The molecule has 2 rings (SSSR count). The number of pyridine rings is 1. The van der Waals surface area contributed by atoms with Crippen LogP contribution in [0.1, 0.15) is 0 Å². The molecular formula is C11H6Cl2F3N3. The number of benzene rings is 1. The molecule has 2 aromatic rings. The van der Waals surface area contributed by atoms with Gasteiger partial charge in [-0.05, 0) is 6.07 Å². The normalized spacial score (nSPS) is 10.6. The van der Waals surface area contributed by atoms with Crippen molar-refractivity contribution in [1.82, 2.24) is 4.98 Å². The lowest BCUT2D eigenvalue weighted by Crippen LogP contribution is -2.02. The fourth-order valence-corrected chi connectivity index (χ4v) is 1.75. The Hall–Kier alpha value is -1.66. The number of halogens is 5. The number of anilines is 3. The van der Waals surface area contributed by atoms with Crippen molar-refractivity contribution in [3.63, 3.8) is 0 Å². The first-order valence-corrected chi connectivity index (χ1v) is 5.67. The Morgan fingerprint density at radius 1 is 1.05 bits per heavy atom. The third kappa shape index (κ3) is 2.85. The van der Waals surface area contributed by atoms with Gasteiger partial charge in [-0.25, -0.2) is 18.2 Å². The second kappa shape index (κ2) is 5.14. The molecule has 3 N–H and O–H groups in total. The number of hydrogen-bond donors (Lipinski definition) is 2. The van der Waals surface area contributed by atoms with Crippen LogP contribution in [0.5, 0.6) is 0 Å². The van der Waals surface area contributed by atoms with Crippen molar-refractivity contribution in [2.24, 2.45) is 0 Å². The summed E-state index contributed by atoms with van der Waals surface area (Å²) in [7, 11) is 0. The number of nitrogens with two attached hydrogens (primary N) is 1. The van der Waals surface area contributed by atoms with Gasteiger partial charge in [0, 0.05) is 12.1 Å². The van der Waals surface area contributed by atoms with Crippen LogP contribution < -0.4 is 11.1 Å². The number of nitrogens with zero attached hydrogens (tertiary/aromatic N) is 1. The standard InChI is InChI=1S/C11H6Cl2F3N3/c12-5-3-6(13)11(19-10(5)17)18-8-2-4(14)1-7(15)9(8)16/h1-3H,(H3,17,18,19). The van der Waals surface area contributed by atoms with Gasteiger partial charge in [0.1, 0.15) is 11.6 Å². The lowest BCUT2D eigenvalue weighted by Gasteiger charge is -2.10. The van der Waals surface area contributed by atoms with Gasteiger partial charge in [-0.3, -0.25) is 0 Å². The highest BCUT2D eigenvalue weighted by Crippen LogP contribution is 2.31. The van der Waals surface area contributed by atoms with Gasteiger partial charge in [-0.1, -0.05) is 23.2 Å². The number of nitrogen functional groups attached to an aromatic ring is 1. The van der Waals surface area contributed by atoms with Crippen molar-refractivity contribution in [2.75, 3.05) is 11.1 Å². The van der Waals surface area contributed by atoms with Crippen LogP contribution in [0.25, 0.3) is 0 Å². The van der Waals surface area contributed by atoms with Crippen LogP contribution in [-0.2, 0) is 0 Å². The lowest BCUT2D eigenvalue weighted by molar-refractivity contribution is 0.498. The summed E-state index contributed by atoms with van der Waals surface area (Å²) in [6, 6.07) is 2.47. The van der Waals surface area contributed by atoms with Crippen LogP contribution >= 0.6 is 23.2 Å². The fourth-order valence-electron chi connectivity index (χ4n) is 1.34. The first-order valence-electron chi connectivity index (χ1n) is 4.91. The van der Waals surface area contributed by atoms with Crippen LogP contribution in [0, 0.1) is 17.5 Å². The van der Waals surface area contributed by atoms with Gasteiger partial charge in [0.2, 0.25) is 0 Å². The molecule has 0 unspecified atom stereocenters. The topological polar surface area (TPSA) is 50.9 Å². The molecule has 3 nitrogen and oxygen atoms in total. The van der Waals surface area contributed by atoms with Gasteiger partial charge in [-0.2, -0.15) is 0 Å². The summed E-state index contributed by atoms with van der Waals surface area (Å²) >= 11 is 11.5. The Balaban J connectivity index is 2.44. The van der Waals surface area contributed by atoms with Crippen LogP contribution in [0.15, 0.2) is 18.2 Å². The molecule has 0 radical (unpaired) electrons. The lowest BCUT2D eigenvalue weighted by atomic mass is 10.2. The van der Waals surface area contributed by atoms with Crippen molar-refractivity contribution in [2.45, 2.75) is 0 Å². The van der Waals surface area contributed by atoms with Crippen LogP contribution in [0.3, 0.4) is 0 Å². The molecule has 1 heterocycles. The highest BCUT2D eigenvalue weighted by Gasteiger charge is 2.14. The van der Waals surface area contributed by atoms with Crippen LogP contribution in [0.2, 0.25) is 10.0 Å². The molecule has 19 heavy (non-hydrogen) atoms. The molecule has 0 saturated carbocycles. The summed E-state index contributed by atoms with van der Waals surface area (Å²) in [6.45, 7) is 0. The Morgan fingerprint density at radius 2 is 1.74 bits per heavy atom. The summed E-state index contributed by atoms with van der Waals surface area (Å²) < 4.78 is 39.5. The average Bonchev–Trinajstić information content (AvgIpc) is 2.32. The average molecular weight is 308 g/mol. The van der Waals surface area contributed by atoms with Crippen molar-refractivity contribution in [3.05, 3.63) is 45.7 Å². The predicted molar refractivity (Wildman–Crippen MR) is 68.3 cm³/mol. The molecule has 0 spiro atoms. The number of rotatable bonds is 2. The number of nitrogens with one attached hydrogen (secondary N) is 1. The second-order valence-corrected chi connectivity index (χ2v) is 4.37. The van der Waals surface area contributed by atoms with E-state index in [0.29, 0.717) is 6.07 Å². The highest BCUT2D eigenvalue weighted by atomic mass is 35.5. The van der Waals surface area contributed by atoms with Gasteiger partial charge >= 0.3 is 0 Å². The van der Waals surface area contributed by atoms with E-state index in [1.165, 1.54) is 6.07 Å². The van der Waals surface area contributed by atoms with Gasteiger partial charge in [0.15, 0.2) is 17.5 Å². The van der Waals surface area contributed by atoms with E-state index in [1.54, 1.807) is 0 Å². The zero-order valence-electron chi connectivity index (χ0n) is 9.15. The first-order chi connectivity index (χ1) is 8.88. The summed E-state index contributed by atoms with van der Waals surface area (Å²) in [5, 5.41) is 2.50. The van der Waals surface area contributed by atoms with Crippen LogP contribution in [0.4, 0.5) is 30.5 Å². The molecule has 0 aliphatic rings. The first kappa shape index (κ1) is 13.8. The highest BCUT2D eigenvalue weighted by molar-refractivity contribution is 6.37. The minimum absolute atomic E-state index is 0.0308. The SMILES string of the molecule is Nc1nc(Nc2cc(F)cc(F)c2F)c(Cl)cc1Cl. The predicted octanol–water partition coefficient (Wildman–Crippen LogP) is 4.13. The smallest absolute Gasteiger partial charge is 0.182 e. The van der Waals surface area contributed by atoms with E-state index >= 15 is 0 Å². The summed E-state index contributed by atoms with van der Waals surface area (Å²) in [5.74, 6) is -3.65. The van der Waals surface area contributed by atoms with Gasteiger partial charge in [0.25, 0.3) is 0 Å². The molecule has 1 aromatic carbocycles. The summed E-state index contributed by atoms with van der Waals surface area (Å²) in [6.07, 6.45) is 0. The maximum absolute atomic E-state index is 13.4. The Labute approximate surface area is 116 Å². The molecule has 0 bridgehead atoms. The molecule has 0 fully saturated rings. The van der Waals surface area contributed by atoms with Crippen LogP contribution in [-0.4, -0.2) is 4.98 Å². The van der Waals surface area contributed by atoms with E-state index in [4.69, 9.17) is 28.9 Å². The van der Waals surface area contributed by atoms with Crippen molar-refractivity contribution < 1.29 is 13.2 Å². The molecule has 8 heteroatoms. The fraction of sp³-hybridized carbons (Fsp3) is 0. The third-order valence-electron chi connectivity index (χ3n) is 2.20. The maximum Gasteiger partial charge on any atom is 0.182 e. The summed E-state index contributed by atoms with van der Waals surface area (Å²) in [5.41, 5.74) is 5.01. The maximum atomic E-state index is 13.4. The van der Waals surface area contributed by atoms with Gasteiger partial charge in [-0.15, -0.1) is 0 Å². The Kier molecular flexibility index (Phi) is 3.73. The van der Waals surface area contributed by atoms with Crippen molar-refractivity contribution in [1.29, 1.82) is 0 Å². The molecular weight excluding hydrogens is 302 g/mol. The quantitative estimate of drug-likeness (QED) is 0.820. The zero-order chi connectivity index (χ0) is 14.2. The van der Waals surface area contributed by atoms with E-state index in [9.17, 15) is 13.2 Å². The Bertz CT molecular complexity index is 650. The molecule has 0 amide bonds. The van der Waals surface area contributed by atoms with Crippen molar-refractivity contribution >= 4 is 40.5 Å². The number of hydrogen-bond acceptors (Lipinski definition) is 3.